The van der Waals surface area contributed by atoms with Gasteiger partial charge in [-0.1, -0.05) is 50.2 Å². The van der Waals surface area contributed by atoms with Crippen molar-refractivity contribution in [1.29, 1.82) is 0 Å². The Kier molecular flexibility index (Phi) is 4.54. The summed E-state index contributed by atoms with van der Waals surface area (Å²) in [6.07, 6.45) is 4.01. The predicted octanol–water partition coefficient (Wildman–Crippen LogP) is 4.56. The van der Waals surface area contributed by atoms with Crippen LogP contribution in [0.25, 0.3) is 17.0 Å². The Hall–Kier alpha value is -2.92. The highest BCUT2D eigenvalue weighted by atomic mass is 32.1. The second kappa shape index (κ2) is 7.00. The molecule has 2 aromatic carbocycles. The SMILES string of the molecule is CC(C)Cn1cc(/C=C2\NC(=S)N(c3ccccc3)C2=O)c2ccccc21. The first-order valence-electron chi connectivity index (χ1n) is 9.04. The van der Waals surface area contributed by atoms with Gasteiger partial charge in [0, 0.05) is 29.2 Å². The predicted molar refractivity (Wildman–Crippen MR) is 114 cm³/mol. The average molecular weight is 375 g/mol. The Labute approximate surface area is 164 Å². The van der Waals surface area contributed by atoms with Crippen molar-refractivity contribution in [3.63, 3.8) is 0 Å². The number of benzene rings is 2. The number of nitrogens with one attached hydrogen (secondary N) is 1. The molecule has 0 aliphatic carbocycles. The highest BCUT2D eigenvalue weighted by molar-refractivity contribution is 7.80. The minimum absolute atomic E-state index is 0.133. The van der Waals surface area contributed by atoms with Crippen molar-refractivity contribution in [1.82, 2.24) is 9.88 Å². The Morgan fingerprint density at radius 1 is 1.07 bits per heavy atom. The van der Waals surface area contributed by atoms with E-state index in [0.29, 0.717) is 16.7 Å². The average Bonchev–Trinajstić information content (AvgIpc) is 3.13. The zero-order valence-electron chi connectivity index (χ0n) is 15.3. The molecule has 1 fully saturated rings. The Balaban J connectivity index is 1.74. The molecule has 0 radical (unpaired) electrons. The summed E-state index contributed by atoms with van der Waals surface area (Å²) in [5.74, 6) is 0.403. The van der Waals surface area contributed by atoms with Gasteiger partial charge in [-0.3, -0.25) is 9.69 Å². The van der Waals surface area contributed by atoms with Crippen LogP contribution in [0.5, 0.6) is 0 Å². The van der Waals surface area contributed by atoms with Crippen LogP contribution in [0, 0.1) is 5.92 Å². The molecule has 4 nitrogen and oxygen atoms in total. The molecule has 0 spiro atoms. The summed E-state index contributed by atoms with van der Waals surface area (Å²) in [6, 6.07) is 17.7. The van der Waals surface area contributed by atoms with Crippen molar-refractivity contribution < 1.29 is 4.79 Å². The number of anilines is 1. The monoisotopic (exact) mass is 375 g/mol. The van der Waals surface area contributed by atoms with E-state index in [1.807, 2.05) is 48.5 Å². The highest BCUT2D eigenvalue weighted by Crippen LogP contribution is 2.27. The van der Waals surface area contributed by atoms with Gasteiger partial charge in [-0.2, -0.15) is 0 Å². The van der Waals surface area contributed by atoms with Gasteiger partial charge in [0.05, 0.1) is 5.69 Å². The quantitative estimate of drug-likeness (QED) is 0.537. The Morgan fingerprint density at radius 2 is 1.78 bits per heavy atom. The first-order valence-corrected chi connectivity index (χ1v) is 9.45. The van der Waals surface area contributed by atoms with Crippen LogP contribution in [-0.4, -0.2) is 15.6 Å². The number of para-hydroxylation sites is 2. The number of thiocarbonyl (C=S) groups is 1. The van der Waals surface area contributed by atoms with E-state index in [1.165, 1.54) is 10.4 Å². The molecule has 1 aliphatic heterocycles. The van der Waals surface area contributed by atoms with Gasteiger partial charge in [-0.15, -0.1) is 0 Å². The highest BCUT2D eigenvalue weighted by Gasteiger charge is 2.32. The topological polar surface area (TPSA) is 37.3 Å². The van der Waals surface area contributed by atoms with Gasteiger partial charge < -0.3 is 9.88 Å². The molecular formula is C22H21N3OS. The van der Waals surface area contributed by atoms with E-state index in [4.69, 9.17) is 12.2 Å². The summed E-state index contributed by atoms with van der Waals surface area (Å²) in [6.45, 7) is 5.33. The van der Waals surface area contributed by atoms with Crippen molar-refractivity contribution in [2.45, 2.75) is 20.4 Å². The number of carbonyl (C=O) groups excluding carboxylic acids is 1. The zero-order chi connectivity index (χ0) is 19.0. The lowest BCUT2D eigenvalue weighted by Gasteiger charge is -2.13. The third-order valence-corrected chi connectivity index (χ3v) is 4.86. The van der Waals surface area contributed by atoms with E-state index in [-0.39, 0.29) is 5.91 Å². The molecule has 0 bridgehead atoms. The molecule has 0 unspecified atom stereocenters. The summed E-state index contributed by atoms with van der Waals surface area (Å²) in [5.41, 5.74) is 3.45. The molecule has 0 atom stereocenters. The maximum atomic E-state index is 12.9. The summed E-state index contributed by atoms with van der Waals surface area (Å²) >= 11 is 5.40. The van der Waals surface area contributed by atoms with Gasteiger partial charge in [-0.05, 0) is 42.4 Å². The van der Waals surface area contributed by atoms with Gasteiger partial charge in [0.2, 0.25) is 0 Å². The van der Waals surface area contributed by atoms with Gasteiger partial charge in [0.15, 0.2) is 5.11 Å². The van der Waals surface area contributed by atoms with E-state index in [0.717, 1.165) is 23.2 Å². The number of hydrogen-bond acceptors (Lipinski definition) is 2. The fraction of sp³-hybridized carbons (Fsp3) is 0.182. The third kappa shape index (κ3) is 3.26. The first kappa shape index (κ1) is 17.5. The summed E-state index contributed by atoms with van der Waals surface area (Å²) in [4.78, 5) is 14.5. The Bertz CT molecular complexity index is 1050. The van der Waals surface area contributed by atoms with Crippen molar-refractivity contribution in [3.8, 4) is 0 Å². The number of rotatable bonds is 4. The molecule has 1 amide bonds. The van der Waals surface area contributed by atoms with Gasteiger partial charge in [0.25, 0.3) is 5.91 Å². The molecule has 1 aliphatic rings. The molecule has 1 saturated heterocycles. The summed E-state index contributed by atoms with van der Waals surface area (Å²) in [7, 11) is 0. The van der Waals surface area contributed by atoms with Crippen LogP contribution in [0.1, 0.15) is 19.4 Å². The summed E-state index contributed by atoms with van der Waals surface area (Å²) < 4.78 is 2.25. The molecule has 5 heteroatoms. The molecule has 1 N–H and O–H groups in total. The smallest absolute Gasteiger partial charge is 0.281 e. The van der Waals surface area contributed by atoms with Crippen LogP contribution < -0.4 is 10.2 Å². The van der Waals surface area contributed by atoms with Crippen molar-refractivity contribution in [2.75, 3.05) is 4.90 Å². The van der Waals surface area contributed by atoms with E-state index in [2.05, 4.69) is 42.1 Å². The second-order valence-corrected chi connectivity index (χ2v) is 7.50. The number of amides is 1. The van der Waals surface area contributed by atoms with E-state index >= 15 is 0 Å². The van der Waals surface area contributed by atoms with Crippen molar-refractivity contribution >= 4 is 45.9 Å². The summed E-state index contributed by atoms with van der Waals surface area (Å²) in [5, 5.41) is 4.61. The number of nitrogens with zero attached hydrogens (tertiary/aromatic N) is 2. The van der Waals surface area contributed by atoms with E-state index in [9.17, 15) is 4.79 Å². The minimum atomic E-state index is -0.133. The molecule has 3 aromatic rings. The second-order valence-electron chi connectivity index (χ2n) is 7.11. The standard InChI is InChI=1S/C22H21N3OS/c1-15(2)13-24-14-16(18-10-6-7-11-20(18)24)12-19-21(26)25(22(27)23-19)17-8-4-3-5-9-17/h3-12,14-15H,13H2,1-2H3,(H,23,27)/b19-12-. The van der Waals surface area contributed by atoms with Crippen LogP contribution in [0.15, 0.2) is 66.5 Å². The van der Waals surface area contributed by atoms with Gasteiger partial charge >= 0.3 is 0 Å². The van der Waals surface area contributed by atoms with Gasteiger partial charge in [-0.25, -0.2) is 0 Å². The lowest BCUT2D eigenvalue weighted by Crippen LogP contribution is -2.30. The maximum Gasteiger partial charge on any atom is 0.281 e. The maximum absolute atomic E-state index is 12.9. The molecule has 4 rings (SSSR count). The minimum Gasteiger partial charge on any atom is -0.347 e. The van der Waals surface area contributed by atoms with Crippen LogP contribution in [0.3, 0.4) is 0 Å². The lowest BCUT2D eigenvalue weighted by molar-refractivity contribution is -0.113. The third-order valence-electron chi connectivity index (χ3n) is 4.57. The van der Waals surface area contributed by atoms with Crippen molar-refractivity contribution in [3.05, 3.63) is 72.1 Å². The van der Waals surface area contributed by atoms with E-state index in [1.54, 1.807) is 0 Å². The fourth-order valence-corrected chi connectivity index (χ4v) is 3.74. The number of carbonyl (C=O) groups is 1. The molecular weight excluding hydrogens is 354 g/mol. The van der Waals surface area contributed by atoms with Gasteiger partial charge in [0.1, 0.15) is 5.70 Å². The molecule has 2 heterocycles. The largest absolute Gasteiger partial charge is 0.347 e. The molecule has 1 aromatic heterocycles. The fourth-order valence-electron chi connectivity index (χ4n) is 3.44. The number of fused-ring (bicyclic) bond motifs is 1. The van der Waals surface area contributed by atoms with Crippen LogP contribution in [0.4, 0.5) is 5.69 Å². The normalized spacial score (nSPS) is 16.0. The van der Waals surface area contributed by atoms with Crippen molar-refractivity contribution in [2.24, 2.45) is 5.92 Å². The first-order chi connectivity index (χ1) is 13.0. The van der Waals surface area contributed by atoms with Crippen LogP contribution >= 0.6 is 12.2 Å². The van der Waals surface area contributed by atoms with Crippen LogP contribution in [-0.2, 0) is 11.3 Å². The number of aromatic nitrogens is 1. The zero-order valence-corrected chi connectivity index (χ0v) is 16.2. The lowest BCUT2D eigenvalue weighted by atomic mass is 10.1. The molecule has 27 heavy (non-hydrogen) atoms. The number of hydrogen-bond donors (Lipinski definition) is 1. The van der Waals surface area contributed by atoms with Crippen LogP contribution in [0.2, 0.25) is 0 Å². The Morgan fingerprint density at radius 3 is 2.52 bits per heavy atom. The molecule has 136 valence electrons. The molecule has 0 saturated carbocycles. The van der Waals surface area contributed by atoms with E-state index < -0.39 is 0 Å².